The number of aryl methyl sites for hydroxylation is 1. The lowest BCUT2D eigenvalue weighted by atomic mass is 9.45. The molecule has 5 rings (SSSR count). The van der Waals surface area contributed by atoms with Gasteiger partial charge in [-0.2, -0.15) is 0 Å². The third kappa shape index (κ3) is 3.20. The van der Waals surface area contributed by atoms with E-state index in [9.17, 15) is 19.5 Å². The predicted molar refractivity (Wildman–Crippen MR) is 130 cm³/mol. The molecule has 194 valence electrons. The summed E-state index contributed by atoms with van der Waals surface area (Å²) in [6.07, 6.45) is 1.02. The van der Waals surface area contributed by atoms with Crippen molar-refractivity contribution in [3.63, 3.8) is 0 Å². The molecule has 9 heteroatoms. The molecule has 9 atom stereocenters. The van der Waals surface area contributed by atoms with E-state index in [1.807, 2.05) is 13.8 Å². The van der Waals surface area contributed by atoms with Crippen LogP contribution in [0.5, 0.6) is 0 Å². The zero-order valence-electron chi connectivity index (χ0n) is 20.7. The highest BCUT2D eigenvalue weighted by atomic mass is 32.1. The van der Waals surface area contributed by atoms with Crippen LogP contribution in [0.15, 0.2) is 41.8 Å². The first-order valence-electron chi connectivity index (χ1n) is 12.3. The van der Waals surface area contributed by atoms with Crippen LogP contribution in [0.2, 0.25) is 0 Å². The van der Waals surface area contributed by atoms with Crippen LogP contribution in [0.25, 0.3) is 0 Å². The number of hydrogen-bond donors (Lipinski definition) is 2. The monoisotopic (exact) mass is 519 g/mol. The highest BCUT2D eigenvalue weighted by Gasteiger charge is 2.73. The summed E-state index contributed by atoms with van der Waals surface area (Å²) in [5, 5.41) is 11.1. The SMILES string of the molecule is C[C@@H]1C[C@H]2[C@H]3C[C@H](F)C4=CC(=O)C(OC(=O)c5cccn5C)=C[C@]4(C)[C@@]3(F)[C@@H](O)C[C@]2(C)[C@@H]1C(=O)S. The molecule has 6 nitrogen and oxygen atoms in total. The van der Waals surface area contributed by atoms with Gasteiger partial charge in [-0.25, -0.2) is 13.6 Å². The van der Waals surface area contributed by atoms with Crippen molar-refractivity contribution in [2.45, 2.75) is 58.0 Å². The number of allylic oxidation sites excluding steroid dienone is 3. The van der Waals surface area contributed by atoms with E-state index in [-0.39, 0.29) is 46.8 Å². The number of carbonyl (C=O) groups excluding carboxylic acids is 3. The minimum atomic E-state index is -2.33. The van der Waals surface area contributed by atoms with Crippen LogP contribution >= 0.6 is 12.6 Å². The first kappa shape index (κ1) is 25.4. The number of ether oxygens (including phenoxy) is 1. The number of aromatic nitrogens is 1. The quantitative estimate of drug-likeness (QED) is 0.463. The highest BCUT2D eigenvalue weighted by Crippen LogP contribution is 2.70. The van der Waals surface area contributed by atoms with Gasteiger partial charge in [0.2, 0.25) is 5.78 Å². The van der Waals surface area contributed by atoms with Crippen molar-refractivity contribution >= 4 is 29.5 Å². The minimum absolute atomic E-state index is 0.00601. The van der Waals surface area contributed by atoms with Crippen LogP contribution in [0.4, 0.5) is 8.78 Å². The molecule has 0 aliphatic heterocycles. The van der Waals surface area contributed by atoms with Gasteiger partial charge >= 0.3 is 5.97 Å². The summed E-state index contributed by atoms with van der Waals surface area (Å²) in [6.45, 7) is 5.25. The van der Waals surface area contributed by atoms with Crippen LogP contribution in [-0.4, -0.2) is 44.5 Å². The fourth-order valence-corrected chi connectivity index (χ4v) is 8.62. The first-order chi connectivity index (χ1) is 16.8. The number of carbonyl (C=O) groups is 3. The predicted octanol–water partition coefficient (Wildman–Crippen LogP) is 4.15. The van der Waals surface area contributed by atoms with Gasteiger partial charge in [-0.15, -0.1) is 12.6 Å². The van der Waals surface area contributed by atoms with Gasteiger partial charge in [0.05, 0.1) is 11.5 Å². The summed E-state index contributed by atoms with van der Waals surface area (Å²) in [4.78, 5) is 38.0. The number of fused-ring (bicyclic) bond motifs is 5. The smallest absolute Gasteiger partial charge is 0.360 e. The molecule has 36 heavy (non-hydrogen) atoms. The number of esters is 1. The third-order valence-corrected chi connectivity index (χ3v) is 9.94. The molecule has 0 unspecified atom stereocenters. The van der Waals surface area contributed by atoms with E-state index in [1.54, 1.807) is 19.3 Å². The fourth-order valence-electron chi connectivity index (χ4n) is 8.07. The van der Waals surface area contributed by atoms with E-state index < -0.39 is 52.4 Å². The molecule has 0 amide bonds. The second-order valence-corrected chi connectivity index (χ2v) is 11.9. The second kappa shape index (κ2) is 8.12. The van der Waals surface area contributed by atoms with E-state index in [0.717, 1.165) is 6.08 Å². The largest absolute Gasteiger partial charge is 0.418 e. The van der Waals surface area contributed by atoms with Gasteiger partial charge in [0.1, 0.15) is 11.9 Å². The van der Waals surface area contributed by atoms with Gasteiger partial charge < -0.3 is 14.4 Å². The van der Waals surface area contributed by atoms with Crippen molar-refractivity contribution in [3.05, 3.63) is 47.5 Å². The first-order valence-corrected chi connectivity index (χ1v) is 12.8. The van der Waals surface area contributed by atoms with Crippen molar-refractivity contribution in [2.24, 2.45) is 41.5 Å². The molecule has 1 aromatic rings. The Balaban J connectivity index is 1.58. The third-order valence-electron chi connectivity index (χ3n) is 9.66. The standard InChI is InChI=1S/C27H31F2NO5S/c1-13-8-14-15-9-17(28)16-10-19(31)20(35-23(33)18-6-5-7-30(18)4)11-26(16,3)27(15,29)21(32)12-25(14,2)22(13)24(34)36/h5-7,10-11,13-15,17,21-22,32H,8-9,12H2,1-4H3,(H,34,36)/t13-,14+,15-,17+,21+,22+,25+,26+,27+/m1/s1. The Labute approximate surface area is 214 Å². The van der Waals surface area contributed by atoms with Gasteiger partial charge in [-0.05, 0) is 73.3 Å². The molecule has 4 aliphatic carbocycles. The van der Waals surface area contributed by atoms with Gasteiger partial charge in [-0.3, -0.25) is 9.59 Å². The van der Waals surface area contributed by atoms with E-state index in [2.05, 4.69) is 12.6 Å². The number of alkyl halides is 2. The molecular weight excluding hydrogens is 488 g/mol. The van der Waals surface area contributed by atoms with Crippen LogP contribution < -0.4 is 0 Å². The molecule has 3 fully saturated rings. The number of thiol groups is 1. The van der Waals surface area contributed by atoms with Crippen molar-refractivity contribution < 1.29 is 33.0 Å². The van der Waals surface area contributed by atoms with Crippen molar-refractivity contribution in [1.82, 2.24) is 4.57 Å². The van der Waals surface area contributed by atoms with Gasteiger partial charge in [0.15, 0.2) is 16.5 Å². The van der Waals surface area contributed by atoms with E-state index >= 15 is 8.78 Å². The number of aliphatic hydroxyl groups excluding tert-OH is 1. The molecule has 1 aromatic heterocycles. The Hall–Kier alpha value is -2.26. The van der Waals surface area contributed by atoms with E-state index in [4.69, 9.17) is 4.74 Å². The Morgan fingerprint density at radius 3 is 2.56 bits per heavy atom. The molecule has 0 spiro atoms. The second-order valence-electron chi connectivity index (χ2n) is 11.5. The van der Waals surface area contributed by atoms with Gasteiger partial charge in [0, 0.05) is 25.1 Å². The molecular formula is C27H31F2NO5S. The maximum absolute atomic E-state index is 17.5. The maximum Gasteiger partial charge on any atom is 0.360 e. The number of nitrogens with zero attached hydrogens (tertiary/aromatic N) is 1. The van der Waals surface area contributed by atoms with Crippen LogP contribution in [0.3, 0.4) is 0 Å². The molecule has 4 aliphatic rings. The zero-order valence-corrected chi connectivity index (χ0v) is 21.6. The average Bonchev–Trinajstić information content (AvgIpc) is 3.32. The van der Waals surface area contributed by atoms with Crippen molar-refractivity contribution in [1.29, 1.82) is 0 Å². The Morgan fingerprint density at radius 2 is 1.94 bits per heavy atom. The molecule has 0 bridgehead atoms. The van der Waals surface area contributed by atoms with E-state index in [1.165, 1.54) is 23.6 Å². The van der Waals surface area contributed by atoms with Crippen LogP contribution in [0, 0.1) is 34.5 Å². The lowest BCUT2D eigenvalue weighted by Crippen LogP contribution is -2.68. The Bertz CT molecular complexity index is 1220. The maximum atomic E-state index is 17.5. The number of rotatable bonds is 3. The number of aliphatic hydroxyl groups is 1. The summed E-state index contributed by atoms with van der Waals surface area (Å²) < 4.78 is 40.1. The molecule has 1 N–H and O–H groups in total. The molecule has 0 radical (unpaired) electrons. The summed E-state index contributed by atoms with van der Waals surface area (Å²) in [6, 6.07) is 3.17. The minimum Gasteiger partial charge on any atom is -0.418 e. The Kier molecular flexibility index (Phi) is 5.73. The number of ketones is 1. The topological polar surface area (TPSA) is 85.6 Å². The average molecular weight is 520 g/mol. The Morgan fingerprint density at radius 1 is 1.25 bits per heavy atom. The zero-order chi connectivity index (χ0) is 26.4. The fraction of sp³-hybridized carbons (Fsp3) is 0.593. The lowest BCUT2D eigenvalue weighted by Gasteiger charge is -2.62. The molecule has 3 saturated carbocycles. The van der Waals surface area contributed by atoms with Crippen LogP contribution in [0.1, 0.15) is 50.5 Å². The summed E-state index contributed by atoms with van der Waals surface area (Å²) in [5.74, 6) is -3.74. The summed E-state index contributed by atoms with van der Waals surface area (Å²) >= 11 is 4.09. The van der Waals surface area contributed by atoms with Crippen molar-refractivity contribution in [2.75, 3.05) is 0 Å². The highest BCUT2D eigenvalue weighted by molar-refractivity contribution is 7.96. The summed E-state index contributed by atoms with van der Waals surface area (Å²) in [5.41, 5.74) is -4.64. The van der Waals surface area contributed by atoms with E-state index in [0.29, 0.717) is 6.42 Å². The van der Waals surface area contributed by atoms with Gasteiger partial charge in [0.25, 0.3) is 0 Å². The number of hydrogen-bond acceptors (Lipinski definition) is 5. The van der Waals surface area contributed by atoms with Gasteiger partial charge in [-0.1, -0.05) is 13.8 Å². The van der Waals surface area contributed by atoms with Crippen molar-refractivity contribution in [3.8, 4) is 0 Å². The molecule has 1 heterocycles. The molecule has 0 aromatic carbocycles. The lowest BCUT2D eigenvalue weighted by molar-refractivity contribution is -0.201. The molecule has 0 saturated heterocycles. The number of halogens is 2. The summed E-state index contributed by atoms with van der Waals surface area (Å²) in [7, 11) is 1.64. The normalized spacial score (nSPS) is 43.6. The van der Waals surface area contributed by atoms with Crippen LogP contribution in [-0.2, 0) is 21.4 Å².